The molecule has 10 nitrogen and oxygen atoms in total. The Hall–Kier alpha value is -3.91. The molecule has 1 atom stereocenters. The van der Waals surface area contributed by atoms with Crippen molar-refractivity contribution in [2.45, 2.75) is 77.3 Å². The van der Waals surface area contributed by atoms with Crippen LogP contribution in [0.25, 0.3) is 0 Å². The standard InChI is InChI=1S/C33H44F3N7O3S/c1-20(2)42(4)25-13-11-24(12-14-25)39-31(44)22-10-15-27(29(17-22)46-6)40-32-38-19-26(33(34,35)36)30(41-32)37-18-23-9-8-21(3)16-28(23)43(5)47(7)45/h8-10,15-17,19-20,24-25H,11-14,18H2,1-7H3,(H,39,44)(H2,37,38,40,41). The van der Waals surface area contributed by atoms with Gasteiger partial charge in [0.25, 0.3) is 5.91 Å². The van der Waals surface area contributed by atoms with E-state index in [0.717, 1.165) is 31.2 Å². The van der Waals surface area contributed by atoms with E-state index in [1.807, 2.05) is 19.1 Å². The van der Waals surface area contributed by atoms with Crippen molar-refractivity contribution < 1.29 is 26.9 Å². The molecule has 1 saturated carbocycles. The first-order valence-electron chi connectivity index (χ1n) is 15.5. The third-order valence-corrected chi connectivity index (χ3v) is 9.61. The summed E-state index contributed by atoms with van der Waals surface area (Å²) in [5.74, 6) is -0.445. The summed E-state index contributed by atoms with van der Waals surface area (Å²) in [7, 11) is 3.90. The predicted octanol–water partition coefficient (Wildman–Crippen LogP) is 6.28. The quantitative estimate of drug-likeness (QED) is 0.206. The van der Waals surface area contributed by atoms with Crippen LogP contribution in [0.2, 0.25) is 0 Å². The van der Waals surface area contributed by atoms with Gasteiger partial charge in [0, 0.05) is 49.7 Å². The van der Waals surface area contributed by atoms with Crippen molar-refractivity contribution in [3.05, 3.63) is 64.8 Å². The lowest BCUT2D eigenvalue weighted by Crippen LogP contribution is -2.44. The van der Waals surface area contributed by atoms with Gasteiger partial charge in [-0.25, -0.2) is 9.19 Å². The SMILES string of the molecule is COc1cc(C(=O)NC2CCC(N(C)C(C)C)CC2)ccc1Nc1ncc(C(F)(F)F)c(NCc2ccc(C)cc2N(C)S(C)=O)n1. The molecule has 1 unspecified atom stereocenters. The summed E-state index contributed by atoms with van der Waals surface area (Å²) in [6, 6.07) is 11.3. The minimum Gasteiger partial charge on any atom is -0.495 e. The molecule has 256 valence electrons. The molecule has 1 heterocycles. The highest BCUT2D eigenvalue weighted by Crippen LogP contribution is 2.36. The average molecular weight is 676 g/mol. The second kappa shape index (κ2) is 15.3. The first-order valence-corrected chi connectivity index (χ1v) is 17.0. The number of carbonyl (C=O) groups excluding carboxylic acids is 1. The Labute approximate surface area is 277 Å². The van der Waals surface area contributed by atoms with Gasteiger partial charge in [-0.2, -0.15) is 18.2 Å². The number of aromatic nitrogens is 2. The molecule has 1 aromatic heterocycles. The molecule has 47 heavy (non-hydrogen) atoms. The molecule has 0 spiro atoms. The maximum absolute atomic E-state index is 13.9. The zero-order valence-electron chi connectivity index (χ0n) is 27.9. The molecule has 4 rings (SSSR count). The van der Waals surface area contributed by atoms with E-state index < -0.39 is 28.5 Å². The van der Waals surface area contributed by atoms with Crippen molar-refractivity contribution in [1.29, 1.82) is 0 Å². The Kier molecular flexibility index (Phi) is 11.7. The van der Waals surface area contributed by atoms with E-state index in [9.17, 15) is 22.2 Å². The van der Waals surface area contributed by atoms with Gasteiger partial charge in [-0.05, 0) is 88.9 Å². The highest BCUT2D eigenvalue weighted by Gasteiger charge is 2.35. The molecule has 1 amide bonds. The molecule has 1 aliphatic rings. The van der Waals surface area contributed by atoms with Crippen LogP contribution in [0.1, 0.15) is 66.6 Å². The van der Waals surface area contributed by atoms with Crippen molar-refractivity contribution >= 4 is 40.0 Å². The maximum Gasteiger partial charge on any atom is 0.421 e. The van der Waals surface area contributed by atoms with Crippen molar-refractivity contribution in [3.8, 4) is 5.75 Å². The van der Waals surface area contributed by atoms with Crippen molar-refractivity contribution in [2.75, 3.05) is 42.4 Å². The van der Waals surface area contributed by atoms with Crippen molar-refractivity contribution in [3.63, 3.8) is 0 Å². The Morgan fingerprint density at radius 1 is 1.11 bits per heavy atom. The van der Waals surface area contributed by atoms with Crippen LogP contribution < -0.4 is 25.0 Å². The summed E-state index contributed by atoms with van der Waals surface area (Å²) < 4.78 is 61.0. The van der Waals surface area contributed by atoms with Gasteiger partial charge in [-0.15, -0.1) is 0 Å². The number of rotatable bonds is 12. The second-order valence-electron chi connectivity index (χ2n) is 12.1. The number of nitrogens with zero attached hydrogens (tertiary/aromatic N) is 4. The zero-order chi connectivity index (χ0) is 34.5. The van der Waals surface area contributed by atoms with Crippen molar-refractivity contribution in [2.24, 2.45) is 0 Å². The Morgan fingerprint density at radius 2 is 1.81 bits per heavy atom. The largest absolute Gasteiger partial charge is 0.495 e. The lowest BCUT2D eigenvalue weighted by molar-refractivity contribution is -0.137. The van der Waals surface area contributed by atoms with Crippen LogP contribution in [0.15, 0.2) is 42.6 Å². The molecule has 0 aliphatic heterocycles. The fourth-order valence-corrected chi connectivity index (χ4v) is 6.04. The van der Waals surface area contributed by atoms with Gasteiger partial charge >= 0.3 is 6.18 Å². The number of alkyl halides is 3. The van der Waals surface area contributed by atoms with Crippen LogP contribution in [0, 0.1) is 6.92 Å². The molecule has 1 aliphatic carbocycles. The number of hydrogen-bond acceptors (Lipinski definition) is 8. The van der Waals surface area contributed by atoms with E-state index in [0.29, 0.717) is 46.5 Å². The fourth-order valence-electron chi connectivity index (χ4n) is 5.59. The molecular formula is C33H44F3N7O3S. The normalized spacial score (nSPS) is 17.4. The maximum atomic E-state index is 13.9. The van der Waals surface area contributed by atoms with E-state index >= 15 is 0 Å². The van der Waals surface area contributed by atoms with Crippen LogP contribution in [0.5, 0.6) is 5.75 Å². The number of nitrogens with one attached hydrogen (secondary N) is 3. The number of methoxy groups -OCH3 is 1. The monoisotopic (exact) mass is 675 g/mol. The molecule has 14 heteroatoms. The number of amides is 1. The number of carbonyl (C=O) groups is 1. The van der Waals surface area contributed by atoms with Crippen LogP contribution in [-0.4, -0.2) is 70.6 Å². The molecule has 0 saturated heterocycles. The Bertz CT molecular complexity index is 1580. The van der Waals surface area contributed by atoms with Gasteiger partial charge < -0.3 is 25.6 Å². The van der Waals surface area contributed by atoms with Crippen LogP contribution in [-0.2, 0) is 23.7 Å². The van der Waals surface area contributed by atoms with Gasteiger partial charge in [0.2, 0.25) is 5.95 Å². The van der Waals surface area contributed by atoms with E-state index in [-0.39, 0.29) is 24.4 Å². The molecule has 0 bridgehead atoms. The van der Waals surface area contributed by atoms with Gasteiger partial charge in [0.1, 0.15) is 28.1 Å². The lowest BCUT2D eigenvalue weighted by Gasteiger charge is -2.37. The van der Waals surface area contributed by atoms with E-state index in [1.54, 1.807) is 35.6 Å². The fraction of sp³-hybridized carbons (Fsp3) is 0.485. The number of benzene rings is 2. The van der Waals surface area contributed by atoms with Gasteiger partial charge in [0.05, 0.1) is 18.5 Å². The summed E-state index contributed by atoms with van der Waals surface area (Å²) >= 11 is 0. The number of aryl methyl sites for hydroxylation is 1. The summed E-state index contributed by atoms with van der Waals surface area (Å²) in [5.41, 5.74) is 1.92. The van der Waals surface area contributed by atoms with Crippen LogP contribution in [0.3, 0.4) is 0 Å². The summed E-state index contributed by atoms with van der Waals surface area (Å²) in [4.78, 5) is 23.5. The number of hydrogen-bond donors (Lipinski definition) is 3. The van der Waals surface area contributed by atoms with E-state index in [1.165, 1.54) is 13.4 Å². The first kappa shape index (κ1) is 35.9. The lowest BCUT2D eigenvalue weighted by atomic mass is 9.89. The average Bonchev–Trinajstić information content (AvgIpc) is 3.03. The Balaban J connectivity index is 1.49. The molecular weight excluding hydrogens is 631 g/mol. The molecule has 2 aromatic carbocycles. The summed E-state index contributed by atoms with van der Waals surface area (Å²) in [5, 5.41) is 8.85. The second-order valence-corrected chi connectivity index (χ2v) is 13.5. The third-order valence-electron chi connectivity index (χ3n) is 8.64. The van der Waals surface area contributed by atoms with Gasteiger partial charge in [-0.3, -0.25) is 9.10 Å². The number of ether oxygens (including phenoxy) is 1. The number of anilines is 4. The first-order chi connectivity index (χ1) is 22.2. The molecule has 0 radical (unpaired) electrons. The van der Waals surface area contributed by atoms with Gasteiger partial charge in [-0.1, -0.05) is 12.1 Å². The van der Waals surface area contributed by atoms with Crippen LogP contribution >= 0.6 is 0 Å². The summed E-state index contributed by atoms with van der Waals surface area (Å²) in [6.45, 7) is 6.22. The minimum absolute atomic E-state index is 0.0140. The van der Waals surface area contributed by atoms with Gasteiger partial charge in [0.15, 0.2) is 0 Å². The third kappa shape index (κ3) is 9.13. The highest BCUT2D eigenvalue weighted by atomic mass is 32.2. The van der Waals surface area contributed by atoms with Crippen LogP contribution in [0.4, 0.5) is 36.3 Å². The highest BCUT2D eigenvalue weighted by molar-refractivity contribution is 7.85. The van der Waals surface area contributed by atoms with E-state index in [2.05, 4.69) is 51.7 Å². The minimum atomic E-state index is -4.71. The molecule has 3 N–H and O–H groups in total. The topological polar surface area (TPSA) is 112 Å². The van der Waals surface area contributed by atoms with E-state index in [4.69, 9.17) is 4.74 Å². The number of halogens is 3. The smallest absolute Gasteiger partial charge is 0.421 e. The molecule has 1 fully saturated rings. The molecule has 3 aromatic rings. The summed E-state index contributed by atoms with van der Waals surface area (Å²) in [6.07, 6.45) is 1.34. The predicted molar refractivity (Wildman–Crippen MR) is 181 cm³/mol. The zero-order valence-corrected chi connectivity index (χ0v) is 28.7. The Morgan fingerprint density at radius 3 is 2.43 bits per heavy atom. The van der Waals surface area contributed by atoms with Crippen molar-refractivity contribution in [1.82, 2.24) is 20.2 Å².